The fourth-order valence-corrected chi connectivity index (χ4v) is 1.48. The molecule has 15 heavy (non-hydrogen) atoms. The van der Waals surface area contributed by atoms with E-state index in [1.807, 2.05) is 24.3 Å². The maximum Gasteiger partial charge on any atom is 0.306 e. The summed E-state index contributed by atoms with van der Waals surface area (Å²) >= 11 is 0. The number of carboxylic acids is 1. The highest BCUT2D eigenvalue weighted by atomic mass is 16.4. The molecule has 0 aromatic heterocycles. The van der Waals surface area contributed by atoms with Gasteiger partial charge in [0.05, 0.1) is 5.92 Å². The van der Waals surface area contributed by atoms with Crippen molar-refractivity contribution in [3.8, 4) is 0 Å². The van der Waals surface area contributed by atoms with Crippen LogP contribution >= 0.6 is 0 Å². The summed E-state index contributed by atoms with van der Waals surface area (Å²) in [7, 11) is 0. The molecule has 0 heterocycles. The number of benzene rings is 1. The van der Waals surface area contributed by atoms with E-state index in [0.717, 1.165) is 24.1 Å². The quantitative estimate of drug-likeness (QED) is 0.728. The van der Waals surface area contributed by atoms with Crippen LogP contribution in [0.5, 0.6) is 0 Å². The van der Waals surface area contributed by atoms with Crippen LogP contribution in [0.3, 0.4) is 0 Å². The van der Waals surface area contributed by atoms with Gasteiger partial charge in [-0.2, -0.15) is 0 Å². The summed E-state index contributed by atoms with van der Waals surface area (Å²) < 4.78 is 0. The molecule has 0 saturated heterocycles. The van der Waals surface area contributed by atoms with Crippen LogP contribution in [-0.4, -0.2) is 11.1 Å². The van der Waals surface area contributed by atoms with Crippen LogP contribution < -0.4 is 5.73 Å². The molecule has 3 nitrogen and oxygen atoms in total. The number of hydrogen-bond donors (Lipinski definition) is 2. The zero-order valence-electron chi connectivity index (χ0n) is 8.94. The largest absolute Gasteiger partial charge is 0.481 e. The van der Waals surface area contributed by atoms with Crippen LogP contribution in [0.1, 0.15) is 25.3 Å². The summed E-state index contributed by atoms with van der Waals surface area (Å²) in [5, 5.41) is 8.71. The molecular formula is C12H17NO2. The molecule has 0 aliphatic rings. The second-order valence-electron chi connectivity index (χ2n) is 3.83. The average molecular weight is 207 g/mol. The maximum absolute atomic E-state index is 10.6. The zero-order valence-corrected chi connectivity index (χ0v) is 8.94. The molecule has 0 fully saturated rings. The Hall–Kier alpha value is -1.51. The standard InChI is InChI=1S/C12H17NO2/c1-9(12(14)15)5-4-7-10-6-2-3-8-11(10)13/h2-3,6,8-9H,4-5,7,13H2,1H3,(H,14,15). The molecule has 0 spiro atoms. The topological polar surface area (TPSA) is 63.3 Å². The number of rotatable bonds is 5. The molecule has 1 aromatic carbocycles. The van der Waals surface area contributed by atoms with Crippen molar-refractivity contribution in [1.82, 2.24) is 0 Å². The lowest BCUT2D eigenvalue weighted by atomic mass is 10.0. The van der Waals surface area contributed by atoms with Crippen molar-refractivity contribution in [2.45, 2.75) is 26.2 Å². The van der Waals surface area contributed by atoms with E-state index >= 15 is 0 Å². The van der Waals surface area contributed by atoms with Gasteiger partial charge in [0, 0.05) is 5.69 Å². The van der Waals surface area contributed by atoms with E-state index in [4.69, 9.17) is 10.8 Å². The van der Waals surface area contributed by atoms with Gasteiger partial charge < -0.3 is 10.8 Å². The number of anilines is 1. The highest BCUT2D eigenvalue weighted by molar-refractivity contribution is 5.69. The number of carboxylic acid groups (broad SMARTS) is 1. The molecular weight excluding hydrogens is 190 g/mol. The first-order valence-corrected chi connectivity index (χ1v) is 5.17. The second kappa shape index (κ2) is 5.39. The first kappa shape index (κ1) is 11.6. The summed E-state index contributed by atoms with van der Waals surface area (Å²) in [5.41, 5.74) is 7.68. The van der Waals surface area contributed by atoms with Gasteiger partial charge in [-0.1, -0.05) is 25.1 Å². The maximum atomic E-state index is 10.6. The molecule has 3 heteroatoms. The molecule has 0 bridgehead atoms. The Morgan fingerprint density at radius 2 is 2.13 bits per heavy atom. The van der Waals surface area contributed by atoms with Crippen molar-refractivity contribution in [3.63, 3.8) is 0 Å². The number of nitrogen functional groups attached to an aromatic ring is 1. The molecule has 0 amide bonds. The van der Waals surface area contributed by atoms with Gasteiger partial charge >= 0.3 is 5.97 Å². The number of hydrogen-bond acceptors (Lipinski definition) is 2. The van der Waals surface area contributed by atoms with Gasteiger partial charge in [0.2, 0.25) is 0 Å². The molecule has 1 aromatic rings. The predicted molar refractivity (Wildman–Crippen MR) is 60.6 cm³/mol. The van der Waals surface area contributed by atoms with Crippen molar-refractivity contribution in [1.29, 1.82) is 0 Å². The number of para-hydroxylation sites is 1. The Kier molecular flexibility index (Phi) is 4.16. The molecule has 0 aliphatic heterocycles. The highest BCUT2D eigenvalue weighted by Crippen LogP contribution is 2.15. The van der Waals surface area contributed by atoms with Crippen LogP contribution in [0, 0.1) is 5.92 Å². The molecule has 3 N–H and O–H groups in total. The molecule has 0 saturated carbocycles. The first-order chi connectivity index (χ1) is 7.11. The number of aliphatic carboxylic acids is 1. The summed E-state index contributed by atoms with van der Waals surface area (Å²) in [6, 6.07) is 7.71. The second-order valence-corrected chi connectivity index (χ2v) is 3.83. The highest BCUT2D eigenvalue weighted by Gasteiger charge is 2.10. The van der Waals surface area contributed by atoms with Gasteiger partial charge in [-0.3, -0.25) is 4.79 Å². The minimum atomic E-state index is -0.726. The van der Waals surface area contributed by atoms with Gasteiger partial charge in [0.15, 0.2) is 0 Å². The van der Waals surface area contributed by atoms with E-state index in [-0.39, 0.29) is 5.92 Å². The van der Waals surface area contributed by atoms with Gasteiger partial charge in [-0.25, -0.2) is 0 Å². The minimum Gasteiger partial charge on any atom is -0.481 e. The van der Waals surface area contributed by atoms with E-state index in [1.165, 1.54) is 0 Å². The zero-order chi connectivity index (χ0) is 11.3. The van der Waals surface area contributed by atoms with E-state index in [1.54, 1.807) is 6.92 Å². The average Bonchev–Trinajstić information content (AvgIpc) is 2.20. The minimum absolute atomic E-state index is 0.269. The third kappa shape index (κ3) is 3.62. The lowest BCUT2D eigenvalue weighted by Gasteiger charge is -2.07. The number of nitrogens with two attached hydrogens (primary N) is 1. The fraction of sp³-hybridized carbons (Fsp3) is 0.417. The van der Waals surface area contributed by atoms with Gasteiger partial charge in [-0.15, -0.1) is 0 Å². The van der Waals surface area contributed by atoms with Crippen molar-refractivity contribution in [3.05, 3.63) is 29.8 Å². The van der Waals surface area contributed by atoms with Crippen LogP contribution in [0.4, 0.5) is 5.69 Å². The summed E-state index contributed by atoms with van der Waals surface area (Å²) in [6.07, 6.45) is 2.41. The molecule has 82 valence electrons. The SMILES string of the molecule is CC(CCCc1ccccc1N)C(=O)O. The van der Waals surface area contributed by atoms with Crippen LogP contribution in [-0.2, 0) is 11.2 Å². The van der Waals surface area contributed by atoms with E-state index < -0.39 is 5.97 Å². The smallest absolute Gasteiger partial charge is 0.306 e. The van der Waals surface area contributed by atoms with Crippen LogP contribution in [0.15, 0.2) is 24.3 Å². The lowest BCUT2D eigenvalue weighted by molar-refractivity contribution is -0.141. The van der Waals surface area contributed by atoms with Gasteiger partial charge in [-0.05, 0) is 30.9 Å². The predicted octanol–water partition coefficient (Wildman–Crippen LogP) is 2.31. The van der Waals surface area contributed by atoms with E-state index in [9.17, 15) is 4.79 Å². The van der Waals surface area contributed by atoms with Crippen LogP contribution in [0.25, 0.3) is 0 Å². The first-order valence-electron chi connectivity index (χ1n) is 5.17. The Morgan fingerprint density at radius 1 is 1.47 bits per heavy atom. The third-order valence-electron chi connectivity index (χ3n) is 2.56. The number of carbonyl (C=O) groups is 1. The monoisotopic (exact) mass is 207 g/mol. The van der Waals surface area contributed by atoms with E-state index in [2.05, 4.69) is 0 Å². The lowest BCUT2D eigenvalue weighted by Crippen LogP contribution is -2.09. The molecule has 1 rings (SSSR count). The molecule has 1 unspecified atom stereocenters. The van der Waals surface area contributed by atoms with Crippen LogP contribution in [0.2, 0.25) is 0 Å². The third-order valence-corrected chi connectivity index (χ3v) is 2.56. The summed E-state index contributed by atoms with van der Waals surface area (Å²) in [6.45, 7) is 1.73. The number of aryl methyl sites for hydroxylation is 1. The Bertz CT molecular complexity index is 336. The van der Waals surface area contributed by atoms with Gasteiger partial charge in [0.1, 0.15) is 0 Å². The molecule has 0 aliphatic carbocycles. The summed E-state index contributed by atoms with van der Waals surface area (Å²) in [5.74, 6) is -0.994. The fourth-order valence-electron chi connectivity index (χ4n) is 1.48. The molecule has 1 atom stereocenters. The van der Waals surface area contributed by atoms with Crippen molar-refractivity contribution in [2.75, 3.05) is 5.73 Å². The Labute approximate surface area is 89.9 Å². The van der Waals surface area contributed by atoms with Gasteiger partial charge in [0.25, 0.3) is 0 Å². The summed E-state index contributed by atoms with van der Waals surface area (Å²) in [4.78, 5) is 10.6. The normalized spacial score (nSPS) is 12.3. The van der Waals surface area contributed by atoms with Crippen molar-refractivity contribution >= 4 is 11.7 Å². The van der Waals surface area contributed by atoms with Crippen molar-refractivity contribution in [2.24, 2.45) is 5.92 Å². The van der Waals surface area contributed by atoms with E-state index in [0.29, 0.717) is 6.42 Å². The Balaban J connectivity index is 2.38. The molecule has 0 radical (unpaired) electrons. The van der Waals surface area contributed by atoms with Crippen molar-refractivity contribution < 1.29 is 9.90 Å². The Morgan fingerprint density at radius 3 is 2.73 bits per heavy atom.